The number of carbonyl (C=O) groups excluding carboxylic acids is 1. The molecule has 17 heavy (non-hydrogen) atoms. The molecule has 0 saturated carbocycles. The third-order valence-corrected chi connectivity index (χ3v) is 2.56. The number of rotatable bonds is 3. The molecule has 0 saturated heterocycles. The summed E-state index contributed by atoms with van der Waals surface area (Å²) in [5.41, 5.74) is 2.62. The average Bonchev–Trinajstić information content (AvgIpc) is 2.39. The van der Waals surface area contributed by atoms with Crippen molar-refractivity contribution in [1.29, 1.82) is 0 Å². The van der Waals surface area contributed by atoms with Crippen molar-refractivity contribution in [3.8, 4) is 11.1 Å². The van der Waals surface area contributed by atoms with Crippen molar-refractivity contribution in [2.45, 2.75) is 13.8 Å². The highest BCUT2D eigenvalue weighted by molar-refractivity contribution is 5.98. The summed E-state index contributed by atoms with van der Waals surface area (Å²) in [6.45, 7) is 3.78. The second kappa shape index (κ2) is 4.87. The molecule has 0 aliphatic heterocycles. The highest BCUT2D eigenvalue weighted by atomic mass is 16.1. The van der Waals surface area contributed by atoms with E-state index in [0.29, 0.717) is 5.56 Å². The van der Waals surface area contributed by atoms with E-state index in [0.717, 1.165) is 11.1 Å². The number of hydrogen-bond acceptors (Lipinski definition) is 3. The quantitative estimate of drug-likeness (QED) is 0.755. The predicted octanol–water partition coefficient (Wildman–Crippen LogP) is 2.98. The molecule has 0 bridgehead atoms. The van der Waals surface area contributed by atoms with Crippen molar-refractivity contribution < 1.29 is 4.79 Å². The van der Waals surface area contributed by atoms with Gasteiger partial charge in [0.25, 0.3) is 0 Å². The zero-order valence-electron chi connectivity index (χ0n) is 9.92. The van der Waals surface area contributed by atoms with E-state index in [1.165, 1.54) is 0 Å². The summed E-state index contributed by atoms with van der Waals surface area (Å²) in [4.78, 5) is 20.0. The monoisotopic (exact) mass is 226 g/mol. The molecule has 0 aliphatic rings. The molecule has 0 fully saturated rings. The zero-order valence-corrected chi connectivity index (χ0v) is 9.92. The molecule has 0 N–H and O–H groups in total. The van der Waals surface area contributed by atoms with E-state index in [-0.39, 0.29) is 11.7 Å². The first-order valence-electron chi connectivity index (χ1n) is 5.58. The number of nitrogens with zero attached hydrogens (tertiary/aromatic N) is 2. The van der Waals surface area contributed by atoms with Gasteiger partial charge in [-0.25, -0.2) is 0 Å². The maximum absolute atomic E-state index is 11.9. The molecule has 3 heteroatoms. The molecular formula is C14H14N2O. The summed E-state index contributed by atoms with van der Waals surface area (Å²) in [5.74, 6) is 0.109. The molecule has 2 aromatic heterocycles. The first-order chi connectivity index (χ1) is 8.18. The number of Topliss-reactive ketones (excluding diaryl/α,β-unsaturated/α-hetero) is 1. The molecular weight excluding hydrogens is 212 g/mol. The Morgan fingerprint density at radius 1 is 1.06 bits per heavy atom. The van der Waals surface area contributed by atoms with Crippen molar-refractivity contribution in [3.63, 3.8) is 0 Å². The van der Waals surface area contributed by atoms with E-state index < -0.39 is 0 Å². The van der Waals surface area contributed by atoms with Crippen molar-refractivity contribution in [2.24, 2.45) is 5.92 Å². The van der Waals surface area contributed by atoms with Gasteiger partial charge in [0, 0.05) is 41.8 Å². The molecule has 2 aromatic rings. The lowest BCUT2D eigenvalue weighted by atomic mass is 10.00. The summed E-state index contributed by atoms with van der Waals surface area (Å²) in [6.07, 6.45) is 6.83. The predicted molar refractivity (Wildman–Crippen MR) is 66.6 cm³/mol. The molecule has 0 unspecified atom stereocenters. The van der Waals surface area contributed by atoms with Gasteiger partial charge in [0.15, 0.2) is 5.78 Å². The number of pyridine rings is 2. The summed E-state index contributed by atoms with van der Waals surface area (Å²) in [5, 5.41) is 0. The molecule has 0 spiro atoms. The first-order valence-corrected chi connectivity index (χ1v) is 5.58. The van der Waals surface area contributed by atoms with Gasteiger partial charge in [-0.2, -0.15) is 0 Å². The van der Waals surface area contributed by atoms with Crippen LogP contribution in [0.1, 0.15) is 24.2 Å². The van der Waals surface area contributed by atoms with Crippen molar-refractivity contribution in [3.05, 3.63) is 48.5 Å². The fourth-order valence-electron chi connectivity index (χ4n) is 1.61. The van der Waals surface area contributed by atoms with Gasteiger partial charge >= 0.3 is 0 Å². The lowest BCUT2D eigenvalue weighted by molar-refractivity contribution is 0.0939. The third-order valence-electron chi connectivity index (χ3n) is 2.56. The van der Waals surface area contributed by atoms with Crippen molar-refractivity contribution in [2.75, 3.05) is 0 Å². The van der Waals surface area contributed by atoms with E-state index in [9.17, 15) is 4.79 Å². The lowest BCUT2D eigenvalue weighted by Crippen LogP contribution is -2.07. The highest BCUT2D eigenvalue weighted by Gasteiger charge is 2.11. The molecule has 0 atom stereocenters. The van der Waals surface area contributed by atoms with E-state index in [1.807, 2.05) is 32.0 Å². The van der Waals surface area contributed by atoms with E-state index in [1.54, 1.807) is 24.8 Å². The zero-order chi connectivity index (χ0) is 12.3. The van der Waals surface area contributed by atoms with Gasteiger partial charge in [0.2, 0.25) is 0 Å². The highest BCUT2D eigenvalue weighted by Crippen LogP contribution is 2.19. The van der Waals surface area contributed by atoms with Crippen LogP contribution >= 0.6 is 0 Å². The lowest BCUT2D eigenvalue weighted by Gasteiger charge is -2.06. The molecule has 2 heterocycles. The van der Waals surface area contributed by atoms with Gasteiger partial charge in [-0.1, -0.05) is 13.8 Å². The second-order valence-electron chi connectivity index (χ2n) is 4.22. The molecule has 0 aliphatic carbocycles. The SMILES string of the molecule is CC(C)C(=O)c1cncc(-c2ccncc2)c1. The summed E-state index contributed by atoms with van der Waals surface area (Å²) < 4.78 is 0. The van der Waals surface area contributed by atoms with Gasteiger partial charge < -0.3 is 0 Å². The smallest absolute Gasteiger partial charge is 0.166 e. The van der Waals surface area contributed by atoms with Crippen molar-refractivity contribution >= 4 is 5.78 Å². The summed E-state index contributed by atoms with van der Waals surface area (Å²) in [6, 6.07) is 5.69. The molecule has 86 valence electrons. The van der Waals surface area contributed by atoms with Gasteiger partial charge in [0.05, 0.1) is 0 Å². The Morgan fingerprint density at radius 2 is 1.76 bits per heavy atom. The number of ketones is 1. The van der Waals surface area contributed by atoms with Crippen LogP contribution < -0.4 is 0 Å². The largest absolute Gasteiger partial charge is 0.294 e. The minimum atomic E-state index is -0.00973. The van der Waals surface area contributed by atoms with Crippen LogP contribution in [0.5, 0.6) is 0 Å². The summed E-state index contributed by atoms with van der Waals surface area (Å²) in [7, 11) is 0. The van der Waals surface area contributed by atoms with Crippen LogP contribution in [0.25, 0.3) is 11.1 Å². The normalized spacial score (nSPS) is 10.5. The minimum absolute atomic E-state index is 0.00973. The van der Waals surface area contributed by atoms with Gasteiger partial charge in [-0.15, -0.1) is 0 Å². The molecule has 0 radical (unpaired) electrons. The van der Waals surface area contributed by atoms with Crippen LogP contribution in [0.3, 0.4) is 0 Å². The van der Waals surface area contributed by atoms with Crippen LogP contribution in [0.4, 0.5) is 0 Å². The van der Waals surface area contributed by atoms with Crippen LogP contribution in [0, 0.1) is 5.92 Å². The van der Waals surface area contributed by atoms with Crippen LogP contribution in [0.2, 0.25) is 0 Å². The maximum Gasteiger partial charge on any atom is 0.166 e. The van der Waals surface area contributed by atoms with Crippen LogP contribution in [-0.4, -0.2) is 15.8 Å². The third kappa shape index (κ3) is 2.56. The Hall–Kier alpha value is -2.03. The Kier molecular flexibility index (Phi) is 3.28. The van der Waals surface area contributed by atoms with E-state index in [2.05, 4.69) is 9.97 Å². The summed E-state index contributed by atoms with van der Waals surface area (Å²) >= 11 is 0. The van der Waals surface area contributed by atoms with Gasteiger partial charge in [-0.3, -0.25) is 14.8 Å². The molecule has 3 nitrogen and oxygen atoms in total. The first kappa shape index (κ1) is 11.5. The van der Waals surface area contributed by atoms with Gasteiger partial charge in [-0.05, 0) is 23.8 Å². The Labute approximate surface area is 101 Å². The average molecular weight is 226 g/mol. The van der Waals surface area contributed by atoms with Crippen LogP contribution in [0.15, 0.2) is 43.0 Å². The standard InChI is InChI=1S/C14H14N2O/c1-10(2)14(17)13-7-12(8-16-9-13)11-3-5-15-6-4-11/h3-10H,1-2H3. The molecule has 0 aromatic carbocycles. The second-order valence-corrected chi connectivity index (χ2v) is 4.22. The van der Waals surface area contributed by atoms with E-state index >= 15 is 0 Å². The fourth-order valence-corrected chi connectivity index (χ4v) is 1.61. The van der Waals surface area contributed by atoms with Gasteiger partial charge in [0.1, 0.15) is 0 Å². The van der Waals surface area contributed by atoms with E-state index in [4.69, 9.17) is 0 Å². The fraction of sp³-hybridized carbons (Fsp3) is 0.214. The Morgan fingerprint density at radius 3 is 2.41 bits per heavy atom. The topological polar surface area (TPSA) is 42.9 Å². The number of aromatic nitrogens is 2. The number of hydrogen-bond donors (Lipinski definition) is 0. The molecule has 2 rings (SSSR count). The minimum Gasteiger partial charge on any atom is -0.294 e. The Balaban J connectivity index is 2.39. The maximum atomic E-state index is 11.9. The van der Waals surface area contributed by atoms with Crippen LogP contribution in [-0.2, 0) is 0 Å². The number of carbonyl (C=O) groups is 1. The Bertz CT molecular complexity index is 521. The molecule has 0 amide bonds. The van der Waals surface area contributed by atoms with Crippen molar-refractivity contribution in [1.82, 2.24) is 9.97 Å².